The van der Waals surface area contributed by atoms with E-state index in [4.69, 9.17) is 0 Å². The average molecular weight is 218 g/mol. The van der Waals surface area contributed by atoms with Crippen LogP contribution >= 0.6 is 0 Å². The molecule has 0 aliphatic rings. The van der Waals surface area contributed by atoms with E-state index in [9.17, 15) is 13.2 Å². The Labute approximate surface area is 86.7 Å². The second-order valence-electron chi connectivity index (χ2n) is 3.15. The van der Waals surface area contributed by atoms with Crippen molar-refractivity contribution in [2.45, 2.75) is 20.3 Å². The summed E-state index contributed by atoms with van der Waals surface area (Å²) in [6.07, 6.45) is 0.786. The van der Waals surface area contributed by atoms with Gasteiger partial charge in [0.25, 0.3) is 5.95 Å². The lowest BCUT2D eigenvalue weighted by Gasteiger charge is -2.21. The first kappa shape index (κ1) is 11.8. The van der Waals surface area contributed by atoms with Gasteiger partial charge in [0.15, 0.2) is 17.5 Å². The number of aromatic nitrogens is 1. The highest BCUT2D eigenvalue weighted by molar-refractivity contribution is 5.39. The van der Waals surface area contributed by atoms with Crippen molar-refractivity contribution in [1.29, 1.82) is 0 Å². The molecule has 0 bridgehead atoms. The topological polar surface area (TPSA) is 16.1 Å². The molecule has 5 heteroatoms. The Kier molecular flexibility index (Phi) is 3.94. The maximum absolute atomic E-state index is 13.3. The normalized spacial score (nSPS) is 10.5. The van der Waals surface area contributed by atoms with E-state index in [0.29, 0.717) is 19.2 Å². The number of pyridine rings is 1. The molecule has 2 nitrogen and oxygen atoms in total. The molecule has 1 heterocycles. The van der Waals surface area contributed by atoms with E-state index < -0.39 is 17.6 Å². The SMILES string of the molecule is CCCN(CC)c1nc(F)c(F)cc1F. The number of hydrogen-bond donors (Lipinski definition) is 0. The molecule has 15 heavy (non-hydrogen) atoms. The highest BCUT2D eigenvalue weighted by atomic mass is 19.2. The number of hydrogen-bond acceptors (Lipinski definition) is 2. The van der Waals surface area contributed by atoms with E-state index in [1.54, 1.807) is 11.8 Å². The molecule has 0 aliphatic heterocycles. The number of rotatable bonds is 4. The maximum Gasteiger partial charge on any atom is 0.251 e. The van der Waals surface area contributed by atoms with Gasteiger partial charge < -0.3 is 4.90 Å². The van der Waals surface area contributed by atoms with E-state index >= 15 is 0 Å². The van der Waals surface area contributed by atoms with Crippen molar-refractivity contribution in [3.05, 3.63) is 23.6 Å². The molecule has 0 fully saturated rings. The van der Waals surface area contributed by atoms with Gasteiger partial charge in [-0.25, -0.2) is 8.78 Å². The fraction of sp³-hybridized carbons (Fsp3) is 0.500. The van der Waals surface area contributed by atoms with Crippen LogP contribution in [0.2, 0.25) is 0 Å². The third-order valence-corrected chi connectivity index (χ3v) is 2.04. The quantitative estimate of drug-likeness (QED) is 0.722. The van der Waals surface area contributed by atoms with Gasteiger partial charge in [0.1, 0.15) is 0 Å². The summed E-state index contributed by atoms with van der Waals surface area (Å²) < 4.78 is 38.7. The first-order valence-corrected chi connectivity index (χ1v) is 4.86. The van der Waals surface area contributed by atoms with Crippen LogP contribution in [-0.4, -0.2) is 18.1 Å². The van der Waals surface area contributed by atoms with Crippen LogP contribution in [-0.2, 0) is 0 Å². The summed E-state index contributed by atoms with van der Waals surface area (Å²) >= 11 is 0. The Hall–Kier alpha value is -1.26. The Morgan fingerprint density at radius 3 is 2.40 bits per heavy atom. The molecule has 1 aromatic heterocycles. The molecule has 0 aliphatic carbocycles. The second-order valence-corrected chi connectivity index (χ2v) is 3.15. The van der Waals surface area contributed by atoms with E-state index in [1.165, 1.54) is 0 Å². The molecular formula is C10H13F3N2. The first-order chi connectivity index (χ1) is 7.10. The number of halogens is 3. The zero-order valence-electron chi connectivity index (χ0n) is 8.73. The number of nitrogens with zero attached hydrogens (tertiary/aromatic N) is 2. The molecular weight excluding hydrogens is 205 g/mol. The molecule has 0 saturated heterocycles. The first-order valence-electron chi connectivity index (χ1n) is 4.86. The van der Waals surface area contributed by atoms with Crippen molar-refractivity contribution >= 4 is 5.82 Å². The maximum atomic E-state index is 13.3. The zero-order valence-corrected chi connectivity index (χ0v) is 8.73. The summed E-state index contributed by atoms with van der Waals surface area (Å²) in [7, 11) is 0. The fourth-order valence-corrected chi connectivity index (χ4v) is 1.34. The average Bonchev–Trinajstić information content (AvgIpc) is 2.20. The lowest BCUT2D eigenvalue weighted by molar-refractivity contribution is 0.462. The fourth-order valence-electron chi connectivity index (χ4n) is 1.34. The standard InChI is InChI=1S/C10H13F3N2/c1-3-5-15(4-2)10-8(12)6-7(11)9(13)14-10/h6H,3-5H2,1-2H3. The van der Waals surface area contributed by atoms with Crippen molar-refractivity contribution in [2.75, 3.05) is 18.0 Å². The molecule has 0 unspecified atom stereocenters. The van der Waals surface area contributed by atoms with Crippen LogP contribution in [0.4, 0.5) is 19.0 Å². The molecule has 0 spiro atoms. The zero-order chi connectivity index (χ0) is 11.4. The molecule has 84 valence electrons. The largest absolute Gasteiger partial charge is 0.354 e. The summed E-state index contributed by atoms with van der Waals surface area (Å²) in [5.74, 6) is -3.48. The third kappa shape index (κ3) is 2.61. The summed E-state index contributed by atoms with van der Waals surface area (Å²) in [4.78, 5) is 4.84. The van der Waals surface area contributed by atoms with Gasteiger partial charge in [-0.1, -0.05) is 6.92 Å². The van der Waals surface area contributed by atoms with Crippen molar-refractivity contribution in [1.82, 2.24) is 4.98 Å². The smallest absolute Gasteiger partial charge is 0.251 e. The molecule has 0 aromatic carbocycles. The van der Waals surface area contributed by atoms with Crippen molar-refractivity contribution in [3.8, 4) is 0 Å². The minimum atomic E-state index is -1.26. The van der Waals surface area contributed by atoms with E-state index in [-0.39, 0.29) is 5.82 Å². The molecule has 0 radical (unpaired) electrons. The van der Waals surface area contributed by atoms with Gasteiger partial charge in [-0.05, 0) is 13.3 Å². The van der Waals surface area contributed by atoms with E-state index in [0.717, 1.165) is 6.42 Å². The Bertz CT molecular complexity index is 342. The van der Waals surface area contributed by atoms with Crippen LogP contribution < -0.4 is 4.90 Å². The molecule has 0 amide bonds. The van der Waals surface area contributed by atoms with Gasteiger partial charge in [-0.15, -0.1) is 0 Å². The highest BCUT2D eigenvalue weighted by Gasteiger charge is 2.15. The number of anilines is 1. The predicted molar refractivity (Wildman–Crippen MR) is 52.3 cm³/mol. The van der Waals surface area contributed by atoms with Crippen LogP contribution in [0, 0.1) is 17.6 Å². The molecule has 0 atom stereocenters. The Balaban J connectivity index is 3.06. The van der Waals surface area contributed by atoms with Gasteiger partial charge in [0.2, 0.25) is 0 Å². The Morgan fingerprint density at radius 1 is 1.20 bits per heavy atom. The van der Waals surface area contributed by atoms with Crippen LogP contribution in [0.5, 0.6) is 0 Å². The minimum absolute atomic E-state index is 0.127. The monoisotopic (exact) mass is 218 g/mol. The van der Waals surface area contributed by atoms with Crippen LogP contribution in [0.25, 0.3) is 0 Å². The summed E-state index contributed by atoms with van der Waals surface area (Å²) in [6, 6.07) is 0.524. The van der Waals surface area contributed by atoms with Gasteiger partial charge >= 0.3 is 0 Å². The van der Waals surface area contributed by atoms with Gasteiger partial charge in [-0.3, -0.25) is 0 Å². The van der Waals surface area contributed by atoms with E-state index in [2.05, 4.69) is 4.98 Å². The van der Waals surface area contributed by atoms with Crippen LogP contribution in [0.1, 0.15) is 20.3 Å². The summed E-state index contributed by atoms with van der Waals surface area (Å²) in [5.41, 5.74) is 0. The summed E-state index contributed by atoms with van der Waals surface area (Å²) in [6.45, 7) is 4.78. The third-order valence-electron chi connectivity index (χ3n) is 2.04. The molecule has 0 N–H and O–H groups in total. The highest BCUT2D eigenvalue weighted by Crippen LogP contribution is 2.18. The molecule has 1 rings (SSSR count). The second kappa shape index (κ2) is 5.00. The lowest BCUT2D eigenvalue weighted by Crippen LogP contribution is -2.26. The summed E-state index contributed by atoms with van der Waals surface area (Å²) in [5, 5.41) is 0. The van der Waals surface area contributed by atoms with Crippen LogP contribution in [0.3, 0.4) is 0 Å². The predicted octanol–water partition coefficient (Wildman–Crippen LogP) is 2.74. The van der Waals surface area contributed by atoms with Crippen molar-refractivity contribution in [3.63, 3.8) is 0 Å². The molecule has 1 aromatic rings. The van der Waals surface area contributed by atoms with Crippen molar-refractivity contribution in [2.24, 2.45) is 0 Å². The minimum Gasteiger partial charge on any atom is -0.354 e. The Morgan fingerprint density at radius 2 is 1.87 bits per heavy atom. The van der Waals surface area contributed by atoms with E-state index in [1.807, 2.05) is 6.92 Å². The van der Waals surface area contributed by atoms with Gasteiger partial charge in [0, 0.05) is 19.2 Å². The molecule has 0 saturated carbocycles. The van der Waals surface area contributed by atoms with Crippen LogP contribution in [0.15, 0.2) is 6.07 Å². The lowest BCUT2D eigenvalue weighted by atomic mass is 10.3. The van der Waals surface area contributed by atoms with Gasteiger partial charge in [-0.2, -0.15) is 9.37 Å². The van der Waals surface area contributed by atoms with Crippen molar-refractivity contribution < 1.29 is 13.2 Å². The van der Waals surface area contributed by atoms with Gasteiger partial charge in [0.05, 0.1) is 0 Å².